The minimum absolute atomic E-state index is 0.122. The zero-order valence-corrected chi connectivity index (χ0v) is 14.3. The van der Waals surface area contributed by atoms with Gasteiger partial charge in [0.2, 0.25) is 0 Å². The van der Waals surface area contributed by atoms with Crippen molar-refractivity contribution in [1.29, 1.82) is 0 Å². The molecule has 1 heterocycles. The monoisotopic (exact) mass is 341 g/mol. The van der Waals surface area contributed by atoms with Crippen molar-refractivity contribution in [2.45, 2.75) is 13.8 Å². The Labute approximate surface area is 141 Å². The van der Waals surface area contributed by atoms with Gasteiger partial charge in [0, 0.05) is 24.7 Å². The molecule has 0 fully saturated rings. The normalized spacial score (nSPS) is 11.9. The van der Waals surface area contributed by atoms with E-state index in [9.17, 15) is 14.9 Å². The smallest absolute Gasteiger partial charge is 0.279 e. The first-order valence-electron chi connectivity index (χ1n) is 7.27. The van der Waals surface area contributed by atoms with Gasteiger partial charge in [-0.05, 0) is 43.2 Å². The van der Waals surface area contributed by atoms with Crippen molar-refractivity contribution in [3.63, 3.8) is 0 Å². The molecule has 0 N–H and O–H groups in total. The molecule has 7 heteroatoms. The van der Waals surface area contributed by atoms with E-state index in [2.05, 4.69) is 17.1 Å². The molecule has 0 radical (unpaired) electrons. The number of benzene rings is 2. The Hall–Kier alpha value is -2.80. The van der Waals surface area contributed by atoms with Gasteiger partial charge in [-0.3, -0.25) is 14.9 Å². The fraction of sp³-hybridized carbons (Fsp3) is 0.176. The van der Waals surface area contributed by atoms with Crippen LogP contribution in [-0.2, 0) is 7.05 Å². The maximum Gasteiger partial charge on any atom is 0.279 e. The minimum atomic E-state index is -0.526. The van der Waals surface area contributed by atoms with Gasteiger partial charge in [-0.25, -0.2) is 0 Å². The van der Waals surface area contributed by atoms with E-state index in [4.69, 9.17) is 0 Å². The minimum Gasteiger partial charge on any atom is -0.319 e. The van der Waals surface area contributed by atoms with Crippen LogP contribution in [0, 0.1) is 24.0 Å². The summed E-state index contributed by atoms with van der Waals surface area (Å²) in [4.78, 5) is 27.4. The van der Waals surface area contributed by atoms with Gasteiger partial charge < -0.3 is 4.57 Å². The lowest BCUT2D eigenvalue weighted by molar-refractivity contribution is -0.384. The van der Waals surface area contributed by atoms with Gasteiger partial charge in [-0.1, -0.05) is 17.4 Å². The van der Waals surface area contributed by atoms with Crippen LogP contribution in [0.1, 0.15) is 21.5 Å². The third kappa shape index (κ3) is 2.85. The highest BCUT2D eigenvalue weighted by Crippen LogP contribution is 2.21. The number of nitro benzene ring substituents is 1. The molecular weight excluding hydrogens is 326 g/mol. The number of rotatable bonds is 2. The van der Waals surface area contributed by atoms with Gasteiger partial charge >= 0.3 is 0 Å². The Kier molecular flexibility index (Phi) is 4.02. The largest absolute Gasteiger partial charge is 0.319 e. The summed E-state index contributed by atoms with van der Waals surface area (Å²) in [6, 6.07) is 9.75. The summed E-state index contributed by atoms with van der Waals surface area (Å²) in [6.45, 7) is 4.08. The highest BCUT2D eigenvalue weighted by atomic mass is 32.1. The summed E-state index contributed by atoms with van der Waals surface area (Å²) < 4.78 is 2.91. The molecule has 0 atom stereocenters. The molecule has 0 saturated carbocycles. The average Bonchev–Trinajstić information content (AvgIpc) is 2.84. The quantitative estimate of drug-likeness (QED) is 0.528. The van der Waals surface area contributed by atoms with E-state index in [1.807, 2.05) is 25.5 Å². The number of nitrogens with zero attached hydrogens (tertiary/aromatic N) is 3. The number of hydrogen-bond donors (Lipinski definition) is 0. The molecular formula is C17H15N3O3S. The van der Waals surface area contributed by atoms with Crippen LogP contribution in [0.15, 0.2) is 41.4 Å². The van der Waals surface area contributed by atoms with Crippen LogP contribution >= 0.6 is 11.3 Å². The molecule has 0 unspecified atom stereocenters. The highest BCUT2D eigenvalue weighted by Gasteiger charge is 2.12. The summed E-state index contributed by atoms with van der Waals surface area (Å²) in [6.07, 6.45) is 0. The number of nitro groups is 1. The lowest BCUT2D eigenvalue weighted by Crippen LogP contribution is -2.13. The predicted molar refractivity (Wildman–Crippen MR) is 93.3 cm³/mol. The van der Waals surface area contributed by atoms with Gasteiger partial charge in [0.15, 0.2) is 4.80 Å². The molecule has 0 aliphatic rings. The van der Waals surface area contributed by atoms with Gasteiger partial charge in [-0.2, -0.15) is 4.99 Å². The molecule has 1 aromatic heterocycles. The molecule has 122 valence electrons. The van der Waals surface area contributed by atoms with Crippen molar-refractivity contribution >= 4 is 33.1 Å². The summed E-state index contributed by atoms with van der Waals surface area (Å²) >= 11 is 1.42. The number of non-ortho nitro benzene ring substituents is 1. The second-order valence-corrected chi connectivity index (χ2v) is 6.58. The van der Waals surface area contributed by atoms with Crippen LogP contribution < -0.4 is 4.80 Å². The number of hydrogen-bond acceptors (Lipinski definition) is 4. The van der Waals surface area contributed by atoms with Gasteiger partial charge in [0.1, 0.15) is 0 Å². The molecule has 3 aromatic rings. The molecule has 0 aliphatic heterocycles. The number of amides is 1. The molecule has 6 nitrogen and oxygen atoms in total. The number of carbonyl (C=O) groups excluding carboxylic acids is 1. The van der Waals surface area contributed by atoms with Crippen LogP contribution in [-0.4, -0.2) is 15.4 Å². The van der Waals surface area contributed by atoms with Crippen molar-refractivity contribution in [3.05, 3.63) is 68.0 Å². The lowest BCUT2D eigenvalue weighted by Gasteiger charge is -2.00. The molecule has 3 rings (SSSR count). The second-order valence-electron chi connectivity index (χ2n) is 5.57. The zero-order chi connectivity index (χ0) is 17.4. The van der Waals surface area contributed by atoms with E-state index in [1.165, 1.54) is 46.7 Å². The van der Waals surface area contributed by atoms with Crippen LogP contribution in [0.25, 0.3) is 10.2 Å². The van der Waals surface area contributed by atoms with E-state index in [0.29, 0.717) is 4.80 Å². The molecule has 0 saturated heterocycles. The molecule has 0 aliphatic carbocycles. The SMILES string of the molecule is Cc1cc2sc(=NC(=O)c3cccc([N+](=O)[O-])c3)n(C)c2cc1C. The molecule has 24 heavy (non-hydrogen) atoms. The Morgan fingerprint density at radius 1 is 1.21 bits per heavy atom. The van der Waals surface area contributed by atoms with Crippen molar-refractivity contribution in [2.24, 2.45) is 12.0 Å². The first kappa shape index (κ1) is 16.1. The summed E-state index contributed by atoms with van der Waals surface area (Å²) in [5, 5.41) is 10.8. The van der Waals surface area contributed by atoms with Crippen LogP contribution in [0.5, 0.6) is 0 Å². The number of thiazole rings is 1. The van der Waals surface area contributed by atoms with Gasteiger partial charge in [0.05, 0.1) is 15.1 Å². The maximum atomic E-state index is 12.4. The average molecular weight is 341 g/mol. The third-order valence-electron chi connectivity index (χ3n) is 3.93. The number of aromatic nitrogens is 1. The topological polar surface area (TPSA) is 77.5 Å². The third-order valence-corrected chi connectivity index (χ3v) is 5.02. The van der Waals surface area contributed by atoms with E-state index < -0.39 is 10.8 Å². The summed E-state index contributed by atoms with van der Waals surface area (Å²) in [5.74, 6) is -0.491. The Morgan fingerprint density at radius 2 is 1.92 bits per heavy atom. The predicted octanol–water partition coefficient (Wildman–Crippen LogP) is 3.51. The van der Waals surface area contributed by atoms with Gasteiger partial charge in [-0.15, -0.1) is 0 Å². The Morgan fingerprint density at radius 3 is 2.62 bits per heavy atom. The number of carbonyl (C=O) groups is 1. The molecule has 0 spiro atoms. The van der Waals surface area contributed by atoms with E-state index in [-0.39, 0.29) is 11.3 Å². The number of fused-ring (bicyclic) bond motifs is 1. The summed E-state index contributed by atoms with van der Waals surface area (Å²) in [5.41, 5.74) is 3.44. The van der Waals surface area contributed by atoms with Gasteiger partial charge in [0.25, 0.3) is 11.6 Å². The van der Waals surface area contributed by atoms with Crippen LogP contribution in [0.3, 0.4) is 0 Å². The van der Waals surface area contributed by atoms with Crippen molar-refractivity contribution in [2.75, 3.05) is 0 Å². The van der Waals surface area contributed by atoms with E-state index in [1.54, 1.807) is 0 Å². The first-order chi connectivity index (χ1) is 11.4. The zero-order valence-electron chi connectivity index (χ0n) is 13.4. The molecule has 0 bridgehead atoms. The standard InChI is InChI=1S/C17H15N3O3S/c1-10-7-14-15(8-11(10)2)24-17(19(14)3)18-16(21)12-5-4-6-13(9-12)20(22)23/h4-9H,1-3H3. The van der Waals surface area contributed by atoms with Crippen molar-refractivity contribution in [1.82, 2.24) is 4.57 Å². The fourth-order valence-electron chi connectivity index (χ4n) is 2.39. The van der Waals surface area contributed by atoms with E-state index in [0.717, 1.165) is 10.2 Å². The Bertz CT molecular complexity index is 1050. The Balaban J connectivity index is 2.10. The highest BCUT2D eigenvalue weighted by molar-refractivity contribution is 7.16. The van der Waals surface area contributed by atoms with Crippen LogP contribution in [0.4, 0.5) is 5.69 Å². The fourth-order valence-corrected chi connectivity index (χ4v) is 3.49. The second kappa shape index (κ2) is 6.01. The molecule has 2 aromatic carbocycles. The van der Waals surface area contributed by atoms with Crippen LogP contribution in [0.2, 0.25) is 0 Å². The first-order valence-corrected chi connectivity index (χ1v) is 8.09. The summed E-state index contributed by atoms with van der Waals surface area (Å²) in [7, 11) is 1.85. The van der Waals surface area contributed by atoms with Crippen molar-refractivity contribution < 1.29 is 9.72 Å². The lowest BCUT2D eigenvalue weighted by atomic mass is 10.1. The van der Waals surface area contributed by atoms with Crippen molar-refractivity contribution in [3.8, 4) is 0 Å². The van der Waals surface area contributed by atoms with E-state index >= 15 is 0 Å². The maximum absolute atomic E-state index is 12.4. The molecule has 1 amide bonds. The number of aryl methyl sites for hydroxylation is 3.